The zero-order valence-corrected chi connectivity index (χ0v) is 10.4. The molecule has 3 unspecified atom stereocenters. The first-order chi connectivity index (χ1) is 7.63. The lowest BCUT2D eigenvalue weighted by atomic mass is 9.93. The van der Waals surface area contributed by atoms with Crippen LogP contribution in [0.3, 0.4) is 0 Å². The fourth-order valence-corrected chi connectivity index (χ4v) is 2.05. The molecule has 0 heterocycles. The molecule has 16 heavy (non-hydrogen) atoms. The zero-order valence-electron chi connectivity index (χ0n) is 10.4. The van der Waals surface area contributed by atoms with Gasteiger partial charge in [-0.3, -0.25) is 4.79 Å². The number of carbonyl (C=O) groups excluding carboxylic acids is 1. The van der Waals surface area contributed by atoms with Crippen LogP contribution in [0.2, 0.25) is 0 Å². The standard InChI is InChI=1S/C12H24N2O2/c1-3-7-14-12(15)9(2)16-11-6-4-5-10(13)8-11/h9-11H,3-8,13H2,1-2H3,(H,14,15). The number of rotatable bonds is 5. The second-order valence-electron chi connectivity index (χ2n) is 4.62. The molecule has 0 aliphatic heterocycles. The SMILES string of the molecule is CCCNC(=O)C(C)OC1CCCC(N)C1. The van der Waals surface area contributed by atoms with Gasteiger partial charge < -0.3 is 15.8 Å². The summed E-state index contributed by atoms with van der Waals surface area (Å²) in [6.07, 6.45) is 4.84. The van der Waals surface area contributed by atoms with Crippen LogP contribution in [0.25, 0.3) is 0 Å². The van der Waals surface area contributed by atoms with E-state index in [1.165, 1.54) is 0 Å². The smallest absolute Gasteiger partial charge is 0.248 e. The summed E-state index contributed by atoms with van der Waals surface area (Å²) < 4.78 is 5.73. The van der Waals surface area contributed by atoms with Crippen molar-refractivity contribution in [3.05, 3.63) is 0 Å². The molecule has 1 amide bonds. The summed E-state index contributed by atoms with van der Waals surface area (Å²) in [6, 6.07) is 0.240. The molecule has 0 aromatic carbocycles. The van der Waals surface area contributed by atoms with Crippen LogP contribution in [0.15, 0.2) is 0 Å². The molecular formula is C12H24N2O2. The minimum Gasteiger partial charge on any atom is -0.365 e. The average Bonchev–Trinajstić information content (AvgIpc) is 2.25. The lowest BCUT2D eigenvalue weighted by Gasteiger charge is -2.28. The molecule has 0 aromatic heterocycles. The molecule has 1 aliphatic rings. The molecule has 4 nitrogen and oxygen atoms in total. The molecular weight excluding hydrogens is 204 g/mol. The van der Waals surface area contributed by atoms with E-state index in [4.69, 9.17) is 10.5 Å². The summed E-state index contributed by atoms with van der Waals surface area (Å²) >= 11 is 0. The molecule has 0 saturated heterocycles. The Kier molecular flexibility index (Phi) is 5.77. The van der Waals surface area contributed by atoms with Crippen LogP contribution in [0.5, 0.6) is 0 Å². The van der Waals surface area contributed by atoms with E-state index in [9.17, 15) is 4.79 Å². The fourth-order valence-electron chi connectivity index (χ4n) is 2.05. The normalized spacial score (nSPS) is 27.4. The van der Waals surface area contributed by atoms with Gasteiger partial charge in [0.25, 0.3) is 0 Å². The third kappa shape index (κ3) is 4.49. The van der Waals surface area contributed by atoms with Gasteiger partial charge >= 0.3 is 0 Å². The number of amides is 1. The molecule has 1 fully saturated rings. The van der Waals surface area contributed by atoms with Gasteiger partial charge in [-0.15, -0.1) is 0 Å². The summed E-state index contributed by atoms with van der Waals surface area (Å²) in [5, 5.41) is 2.84. The second kappa shape index (κ2) is 6.86. The van der Waals surface area contributed by atoms with E-state index in [1.807, 2.05) is 13.8 Å². The van der Waals surface area contributed by atoms with Crippen molar-refractivity contribution in [3.8, 4) is 0 Å². The summed E-state index contributed by atoms with van der Waals surface area (Å²) in [4.78, 5) is 11.6. The molecule has 1 saturated carbocycles. The second-order valence-corrected chi connectivity index (χ2v) is 4.62. The monoisotopic (exact) mass is 228 g/mol. The van der Waals surface area contributed by atoms with Crippen molar-refractivity contribution in [1.82, 2.24) is 5.32 Å². The molecule has 0 bridgehead atoms. The van der Waals surface area contributed by atoms with E-state index in [0.29, 0.717) is 0 Å². The number of carbonyl (C=O) groups is 1. The molecule has 0 radical (unpaired) electrons. The Morgan fingerprint density at radius 2 is 2.31 bits per heavy atom. The minimum atomic E-state index is -0.359. The van der Waals surface area contributed by atoms with Crippen molar-refractivity contribution >= 4 is 5.91 Å². The number of nitrogens with two attached hydrogens (primary N) is 1. The van der Waals surface area contributed by atoms with E-state index >= 15 is 0 Å². The maximum Gasteiger partial charge on any atom is 0.248 e. The topological polar surface area (TPSA) is 64.3 Å². The zero-order chi connectivity index (χ0) is 12.0. The van der Waals surface area contributed by atoms with Crippen LogP contribution in [0.4, 0.5) is 0 Å². The summed E-state index contributed by atoms with van der Waals surface area (Å²) in [7, 11) is 0. The molecule has 0 aromatic rings. The van der Waals surface area contributed by atoms with Crippen LogP contribution >= 0.6 is 0 Å². The Bertz CT molecular complexity index is 221. The fraction of sp³-hybridized carbons (Fsp3) is 0.917. The number of hydrogen-bond acceptors (Lipinski definition) is 3. The van der Waals surface area contributed by atoms with Gasteiger partial charge in [-0.2, -0.15) is 0 Å². The lowest BCUT2D eigenvalue weighted by molar-refractivity contribution is -0.136. The average molecular weight is 228 g/mol. The molecule has 3 N–H and O–H groups in total. The largest absolute Gasteiger partial charge is 0.365 e. The molecule has 1 aliphatic carbocycles. The van der Waals surface area contributed by atoms with Gasteiger partial charge in [-0.1, -0.05) is 6.92 Å². The number of ether oxygens (including phenoxy) is 1. The highest BCUT2D eigenvalue weighted by Gasteiger charge is 2.23. The Labute approximate surface area is 97.9 Å². The molecule has 4 heteroatoms. The maximum absolute atomic E-state index is 11.6. The first kappa shape index (κ1) is 13.5. The first-order valence-electron chi connectivity index (χ1n) is 6.32. The van der Waals surface area contributed by atoms with Gasteiger partial charge in [0.05, 0.1) is 6.10 Å². The van der Waals surface area contributed by atoms with Crippen molar-refractivity contribution in [2.45, 2.75) is 64.2 Å². The lowest BCUT2D eigenvalue weighted by Crippen LogP contribution is -2.40. The summed E-state index contributed by atoms with van der Waals surface area (Å²) in [6.45, 7) is 4.56. The van der Waals surface area contributed by atoms with Crippen LogP contribution in [0.1, 0.15) is 46.0 Å². The van der Waals surface area contributed by atoms with Gasteiger partial charge in [-0.05, 0) is 39.0 Å². The van der Waals surface area contributed by atoms with Gasteiger partial charge in [0.2, 0.25) is 5.91 Å². The van der Waals surface area contributed by atoms with Crippen molar-refractivity contribution in [2.75, 3.05) is 6.54 Å². The third-order valence-electron chi connectivity index (χ3n) is 2.98. The van der Waals surface area contributed by atoms with Gasteiger partial charge in [0.15, 0.2) is 0 Å². The predicted molar refractivity (Wildman–Crippen MR) is 64.1 cm³/mol. The Hall–Kier alpha value is -0.610. The number of nitrogens with one attached hydrogen (secondary N) is 1. The Morgan fingerprint density at radius 1 is 1.56 bits per heavy atom. The summed E-state index contributed by atoms with van der Waals surface area (Å²) in [5.41, 5.74) is 5.88. The minimum absolute atomic E-state index is 0.0130. The van der Waals surface area contributed by atoms with Crippen LogP contribution in [-0.4, -0.2) is 30.7 Å². The first-order valence-corrected chi connectivity index (χ1v) is 6.32. The summed E-state index contributed by atoms with van der Waals surface area (Å²) in [5.74, 6) is -0.0130. The van der Waals surface area contributed by atoms with E-state index in [2.05, 4.69) is 5.32 Å². The van der Waals surface area contributed by atoms with Gasteiger partial charge in [0, 0.05) is 12.6 Å². The van der Waals surface area contributed by atoms with Crippen LogP contribution < -0.4 is 11.1 Å². The Morgan fingerprint density at radius 3 is 2.94 bits per heavy atom. The molecule has 94 valence electrons. The molecule has 1 rings (SSSR count). The quantitative estimate of drug-likeness (QED) is 0.743. The van der Waals surface area contributed by atoms with E-state index in [-0.39, 0.29) is 24.2 Å². The highest BCUT2D eigenvalue weighted by Crippen LogP contribution is 2.20. The predicted octanol–water partition coefficient (Wildman–Crippen LogP) is 1.19. The number of hydrogen-bond donors (Lipinski definition) is 2. The van der Waals surface area contributed by atoms with E-state index in [1.54, 1.807) is 0 Å². The van der Waals surface area contributed by atoms with Crippen LogP contribution in [0, 0.1) is 0 Å². The molecule has 3 atom stereocenters. The van der Waals surface area contributed by atoms with E-state index in [0.717, 1.165) is 38.6 Å². The highest BCUT2D eigenvalue weighted by atomic mass is 16.5. The van der Waals surface area contributed by atoms with Crippen molar-refractivity contribution in [3.63, 3.8) is 0 Å². The Balaban J connectivity index is 2.26. The van der Waals surface area contributed by atoms with Gasteiger partial charge in [-0.25, -0.2) is 0 Å². The highest BCUT2D eigenvalue weighted by molar-refractivity contribution is 5.80. The van der Waals surface area contributed by atoms with Crippen molar-refractivity contribution in [2.24, 2.45) is 5.73 Å². The van der Waals surface area contributed by atoms with Crippen molar-refractivity contribution in [1.29, 1.82) is 0 Å². The maximum atomic E-state index is 11.6. The van der Waals surface area contributed by atoms with Crippen LogP contribution in [-0.2, 0) is 9.53 Å². The molecule has 0 spiro atoms. The third-order valence-corrected chi connectivity index (χ3v) is 2.98. The van der Waals surface area contributed by atoms with E-state index < -0.39 is 0 Å². The van der Waals surface area contributed by atoms with Gasteiger partial charge in [0.1, 0.15) is 6.10 Å². The van der Waals surface area contributed by atoms with Crippen molar-refractivity contribution < 1.29 is 9.53 Å².